The Labute approximate surface area is 144 Å². The van der Waals surface area contributed by atoms with Gasteiger partial charge in [-0.05, 0) is 24.1 Å². The number of carbonyl (C=O) groups excluding carboxylic acids is 1. The first-order valence-corrected chi connectivity index (χ1v) is 8.09. The molecule has 3 aromatic rings. The molecule has 0 fully saturated rings. The molecule has 0 spiro atoms. The fourth-order valence-corrected chi connectivity index (χ4v) is 2.98. The van der Waals surface area contributed by atoms with Crippen LogP contribution >= 0.6 is 0 Å². The molecule has 2 aromatic heterocycles. The van der Waals surface area contributed by atoms with Gasteiger partial charge in [-0.1, -0.05) is 6.07 Å². The lowest BCUT2D eigenvalue weighted by Crippen LogP contribution is -2.37. The fourth-order valence-electron chi connectivity index (χ4n) is 2.98. The number of nitrogens with one attached hydrogen (secondary N) is 1. The van der Waals surface area contributed by atoms with Gasteiger partial charge >= 0.3 is 0 Å². The first-order chi connectivity index (χ1) is 12.2. The number of fused-ring (bicyclic) bond motifs is 2. The van der Waals surface area contributed by atoms with E-state index in [4.69, 9.17) is 9.47 Å². The predicted octanol–water partition coefficient (Wildman–Crippen LogP) is 1.61. The quantitative estimate of drug-likeness (QED) is 0.782. The summed E-state index contributed by atoms with van der Waals surface area (Å²) in [6, 6.07) is 7.50. The van der Waals surface area contributed by atoms with E-state index in [1.54, 1.807) is 24.0 Å². The molecule has 7 heteroatoms. The van der Waals surface area contributed by atoms with Gasteiger partial charge in [0.1, 0.15) is 18.1 Å². The molecule has 25 heavy (non-hydrogen) atoms. The lowest BCUT2D eigenvalue weighted by Gasteiger charge is -2.25. The van der Waals surface area contributed by atoms with Crippen molar-refractivity contribution in [3.05, 3.63) is 54.0 Å². The molecule has 128 valence electrons. The number of nitrogens with zero attached hydrogens (tertiary/aromatic N) is 3. The normalized spacial score (nSPS) is 16.1. The van der Waals surface area contributed by atoms with Crippen molar-refractivity contribution >= 4 is 11.6 Å². The van der Waals surface area contributed by atoms with Crippen LogP contribution in [0.15, 0.2) is 42.9 Å². The molecule has 1 N–H and O–H groups in total. The third-order valence-electron chi connectivity index (χ3n) is 4.36. The third-order valence-corrected chi connectivity index (χ3v) is 4.36. The summed E-state index contributed by atoms with van der Waals surface area (Å²) in [5.41, 5.74) is 2.65. The highest BCUT2D eigenvalue weighted by atomic mass is 16.5. The number of hydrogen-bond donors (Lipinski definition) is 1. The third kappa shape index (κ3) is 3.00. The molecule has 7 nitrogen and oxygen atoms in total. The second-order valence-corrected chi connectivity index (χ2v) is 5.96. The second kappa shape index (κ2) is 6.43. The van der Waals surface area contributed by atoms with Crippen LogP contribution in [0.3, 0.4) is 0 Å². The molecule has 1 amide bonds. The highest BCUT2D eigenvalue weighted by molar-refractivity contribution is 5.79. The van der Waals surface area contributed by atoms with E-state index >= 15 is 0 Å². The molecule has 1 atom stereocenters. The van der Waals surface area contributed by atoms with E-state index in [9.17, 15) is 4.79 Å². The summed E-state index contributed by atoms with van der Waals surface area (Å²) >= 11 is 0. The number of benzene rings is 1. The van der Waals surface area contributed by atoms with E-state index in [1.165, 1.54) is 0 Å². The molecular formula is C18H18N4O3. The average Bonchev–Trinajstić information content (AvgIpc) is 3.08. The van der Waals surface area contributed by atoms with E-state index in [2.05, 4.69) is 15.4 Å². The van der Waals surface area contributed by atoms with Crippen LogP contribution in [0, 0.1) is 5.92 Å². The Morgan fingerprint density at radius 2 is 2.40 bits per heavy atom. The van der Waals surface area contributed by atoms with Gasteiger partial charge in [0.25, 0.3) is 0 Å². The molecule has 0 saturated carbocycles. The Morgan fingerprint density at radius 3 is 3.28 bits per heavy atom. The summed E-state index contributed by atoms with van der Waals surface area (Å²) in [4.78, 5) is 16.8. The van der Waals surface area contributed by atoms with Gasteiger partial charge in [0, 0.05) is 30.6 Å². The molecule has 0 bridgehead atoms. The molecule has 0 saturated heterocycles. The zero-order valence-electron chi connectivity index (χ0n) is 13.8. The number of ether oxygens (including phenoxy) is 2. The van der Waals surface area contributed by atoms with Crippen LogP contribution < -0.4 is 14.8 Å². The SMILES string of the molecule is COc1ccc2c(c1)OC[C@@H](C(=O)NCc1cnn3cccnc13)C2. The van der Waals surface area contributed by atoms with Crippen LogP contribution in [-0.4, -0.2) is 34.2 Å². The van der Waals surface area contributed by atoms with E-state index in [1.807, 2.05) is 30.5 Å². The van der Waals surface area contributed by atoms with E-state index in [0.29, 0.717) is 19.6 Å². The molecule has 0 radical (unpaired) electrons. The molecule has 0 aliphatic carbocycles. The minimum Gasteiger partial charge on any atom is -0.497 e. The van der Waals surface area contributed by atoms with Crippen molar-refractivity contribution in [3.63, 3.8) is 0 Å². The molecular weight excluding hydrogens is 320 g/mol. The van der Waals surface area contributed by atoms with Gasteiger partial charge in [-0.15, -0.1) is 0 Å². The van der Waals surface area contributed by atoms with Gasteiger partial charge < -0.3 is 14.8 Å². The number of carbonyl (C=O) groups is 1. The van der Waals surface area contributed by atoms with E-state index in [0.717, 1.165) is 28.3 Å². The van der Waals surface area contributed by atoms with E-state index < -0.39 is 0 Å². The topological polar surface area (TPSA) is 77.8 Å². The zero-order chi connectivity index (χ0) is 17.2. The standard InChI is InChI=1S/C18H18N4O3/c1-24-15-4-3-12-7-13(11-25-16(12)8-15)18(23)20-9-14-10-21-22-6-2-5-19-17(14)22/h2-6,8,10,13H,7,9,11H2,1H3,(H,20,23)/t13-/m0/s1. The Morgan fingerprint density at radius 1 is 1.48 bits per heavy atom. The van der Waals surface area contributed by atoms with Gasteiger partial charge in [-0.3, -0.25) is 4.79 Å². The Bertz CT molecular complexity index is 922. The molecule has 3 heterocycles. The van der Waals surface area contributed by atoms with Crippen molar-refractivity contribution in [2.75, 3.05) is 13.7 Å². The monoisotopic (exact) mass is 338 g/mol. The Hall–Kier alpha value is -3.09. The number of hydrogen-bond acceptors (Lipinski definition) is 5. The van der Waals surface area contributed by atoms with Gasteiger partial charge in [-0.25, -0.2) is 9.50 Å². The minimum absolute atomic E-state index is 0.0308. The van der Waals surface area contributed by atoms with Crippen LogP contribution in [0.1, 0.15) is 11.1 Å². The zero-order valence-corrected chi connectivity index (χ0v) is 13.8. The summed E-state index contributed by atoms with van der Waals surface area (Å²) in [7, 11) is 1.62. The second-order valence-electron chi connectivity index (χ2n) is 5.96. The summed E-state index contributed by atoms with van der Waals surface area (Å²) in [5, 5.41) is 7.18. The summed E-state index contributed by atoms with van der Waals surface area (Å²) in [5.74, 6) is 1.30. The first-order valence-electron chi connectivity index (χ1n) is 8.09. The largest absolute Gasteiger partial charge is 0.497 e. The fraction of sp³-hybridized carbons (Fsp3) is 0.278. The predicted molar refractivity (Wildman–Crippen MR) is 90.5 cm³/mol. The molecule has 0 unspecified atom stereocenters. The number of rotatable bonds is 4. The molecule has 1 aromatic carbocycles. The maximum absolute atomic E-state index is 12.5. The van der Waals surface area contributed by atoms with Crippen molar-refractivity contribution < 1.29 is 14.3 Å². The van der Waals surface area contributed by atoms with Crippen molar-refractivity contribution in [2.45, 2.75) is 13.0 Å². The molecule has 1 aliphatic rings. The Balaban J connectivity index is 1.41. The summed E-state index contributed by atoms with van der Waals surface area (Å²) in [6.45, 7) is 0.754. The first kappa shape index (κ1) is 15.4. The van der Waals surface area contributed by atoms with Gasteiger partial charge in [0.2, 0.25) is 5.91 Å². The van der Waals surface area contributed by atoms with Crippen molar-refractivity contribution in [1.82, 2.24) is 19.9 Å². The molecule has 1 aliphatic heterocycles. The van der Waals surface area contributed by atoms with Crippen LogP contribution in [-0.2, 0) is 17.8 Å². The molecule has 4 rings (SSSR count). The average molecular weight is 338 g/mol. The van der Waals surface area contributed by atoms with Crippen LogP contribution in [0.2, 0.25) is 0 Å². The number of amides is 1. The van der Waals surface area contributed by atoms with Crippen molar-refractivity contribution in [1.29, 1.82) is 0 Å². The van der Waals surface area contributed by atoms with Crippen LogP contribution in [0.25, 0.3) is 5.65 Å². The Kier molecular flexibility index (Phi) is 3.97. The maximum Gasteiger partial charge on any atom is 0.227 e. The number of methoxy groups -OCH3 is 1. The number of aromatic nitrogens is 3. The lowest BCUT2D eigenvalue weighted by atomic mass is 9.96. The van der Waals surface area contributed by atoms with E-state index in [-0.39, 0.29) is 11.8 Å². The highest BCUT2D eigenvalue weighted by Crippen LogP contribution is 2.31. The van der Waals surface area contributed by atoms with Gasteiger partial charge in [0.05, 0.1) is 19.2 Å². The van der Waals surface area contributed by atoms with Crippen molar-refractivity contribution in [2.24, 2.45) is 5.92 Å². The van der Waals surface area contributed by atoms with Gasteiger partial charge in [0.15, 0.2) is 5.65 Å². The van der Waals surface area contributed by atoms with Crippen LogP contribution in [0.5, 0.6) is 11.5 Å². The lowest BCUT2D eigenvalue weighted by molar-refractivity contribution is -0.126. The summed E-state index contributed by atoms with van der Waals surface area (Å²) in [6.07, 6.45) is 5.91. The minimum atomic E-state index is -0.212. The maximum atomic E-state index is 12.5. The van der Waals surface area contributed by atoms with Crippen molar-refractivity contribution in [3.8, 4) is 11.5 Å². The van der Waals surface area contributed by atoms with Gasteiger partial charge in [-0.2, -0.15) is 5.10 Å². The highest BCUT2D eigenvalue weighted by Gasteiger charge is 2.26. The smallest absolute Gasteiger partial charge is 0.227 e. The summed E-state index contributed by atoms with van der Waals surface area (Å²) < 4.78 is 12.6. The van der Waals surface area contributed by atoms with Crippen LogP contribution in [0.4, 0.5) is 0 Å².